The molecule has 0 radical (unpaired) electrons. The molecular formula is C52H41N5. The molecule has 3 heterocycles. The van der Waals surface area contributed by atoms with Crippen molar-refractivity contribution < 1.29 is 0 Å². The van der Waals surface area contributed by atoms with Crippen LogP contribution in [-0.4, -0.2) is 24.1 Å². The Kier molecular flexibility index (Phi) is 9.33. The lowest BCUT2D eigenvalue weighted by molar-refractivity contribution is 0.932. The molecule has 9 rings (SSSR count). The van der Waals surface area contributed by atoms with Gasteiger partial charge in [-0.05, 0) is 79.4 Å². The topological polar surface area (TPSA) is 48.5 Å². The summed E-state index contributed by atoms with van der Waals surface area (Å²) in [6.45, 7) is 10.1. The summed E-state index contributed by atoms with van der Waals surface area (Å²) in [5, 5.41) is 4.54. The summed E-state index contributed by atoms with van der Waals surface area (Å²) in [4.78, 5) is 15.7. The van der Waals surface area contributed by atoms with Crippen LogP contribution in [0.4, 0.5) is 0 Å². The molecule has 57 heavy (non-hydrogen) atoms. The molecule has 0 fully saturated rings. The highest BCUT2D eigenvalue weighted by Crippen LogP contribution is 2.43. The molecule has 0 saturated carbocycles. The SMILES string of the molecule is C=C/C=C\C(=C/C)c1nc(-c2ccccc2)nc(-n2c3ccc(-c4ccccc4)cc3c3ccc4c5cc(C(/C=C\C)=C/C)ccc5n(-c5ccccc5)c4c32)n1. The number of para-hydroxylation sites is 1. The molecule has 274 valence electrons. The molecule has 3 aromatic heterocycles. The van der Waals surface area contributed by atoms with Gasteiger partial charge in [0.1, 0.15) is 0 Å². The van der Waals surface area contributed by atoms with Gasteiger partial charge in [-0.3, -0.25) is 4.57 Å². The number of rotatable bonds is 9. The third kappa shape index (κ3) is 6.20. The van der Waals surface area contributed by atoms with Crippen LogP contribution in [-0.2, 0) is 0 Å². The van der Waals surface area contributed by atoms with Crippen LogP contribution < -0.4 is 0 Å². The number of fused-ring (bicyclic) bond motifs is 7. The van der Waals surface area contributed by atoms with E-state index in [-0.39, 0.29) is 0 Å². The zero-order valence-corrected chi connectivity index (χ0v) is 32.3. The molecule has 6 aromatic carbocycles. The van der Waals surface area contributed by atoms with Crippen molar-refractivity contribution in [3.63, 3.8) is 0 Å². The number of allylic oxidation sites excluding steroid dienone is 9. The van der Waals surface area contributed by atoms with Crippen LogP contribution in [0.1, 0.15) is 32.2 Å². The van der Waals surface area contributed by atoms with E-state index in [9.17, 15) is 0 Å². The van der Waals surface area contributed by atoms with Crippen LogP contribution in [0.2, 0.25) is 0 Å². The van der Waals surface area contributed by atoms with Crippen LogP contribution in [0.15, 0.2) is 189 Å². The first-order chi connectivity index (χ1) is 28.1. The minimum absolute atomic E-state index is 0.542. The first-order valence-electron chi connectivity index (χ1n) is 19.3. The van der Waals surface area contributed by atoms with Gasteiger partial charge >= 0.3 is 0 Å². The van der Waals surface area contributed by atoms with Crippen molar-refractivity contribution in [2.45, 2.75) is 20.8 Å². The average Bonchev–Trinajstić information content (AvgIpc) is 3.79. The largest absolute Gasteiger partial charge is 0.307 e. The van der Waals surface area contributed by atoms with Gasteiger partial charge < -0.3 is 4.57 Å². The quantitative estimate of drug-likeness (QED) is 0.139. The van der Waals surface area contributed by atoms with Crippen LogP contribution in [0.25, 0.3) is 88.9 Å². The van der Waals surface area contributed by atoms with Crippen molar-refractivity contribution >= 4 is 54.8 Å². The van der Waals surface area contributed by atoms with Gasteiger partial charge in [-0.1, -0.05) is 152 Å². The fourth-order valence-corrected chi connectivity index (χ4v) is 7.96. The van der Waals surface area contributed by atoms with Gasteiger partial charge in [0.05, 0.1) is 22.1 Å². The maximum atomic E-state index is 5.30. The molecule has 0 saturated heterocycles. The molecule has 0 spiro atoms. The lowest BCUT2D eigenvalue weighted by atomic mass is 10.0. The van der Waals surface area contributed by atoms with E-state index in [1.807, 2.05) is 55.5 Å². The van der Waals surface area contributed by atoms with Crippen LogP contribution in [0.5, 0.6) is 0 Å². The van der Waals surface area contributed by atoms with E-state index in [0.29, 0.717) is 17.6 Å². The summed E-state index contributed by atoms with van der Waals surface area (Å²) in [7, 11) is 0. The number of aromatic nitrogens is 5. The summed E-state index contributed by atoms with van der Waals surface area (Å²) in [6.07, 6.45) is 14.1. The van der Waals surface area contributed by atoms with Gasteiger partial charge in [-0.15, -0.1) is 0 Å². The van der Waals surface area contributed by atoms with Gasteiger partial charge in [-0.2, -0.15) is 9.97 Å². The zero-order chi connectivity index (χ0) is 38.9. The molecule has 0 atom stereocenters. The minimum Gasteiger partial charge on any atom is -0.307 e. The van der Waals surface area contributed by atoms with Gasteiger partial charge in [0, 0.05) is 38.4 Å². The van der Waals surface area contributed by atoms with E-state index in [4.69, 9.17) is 15.0 Å². The van der Waals surface area contributed by atoms with E-state index < -0.39 is 0 Å². The fraction of sp³-hybridized carbons (Fsp3) is 0.0577. The highest BCUT2D eigenvalue weighted by atomic mass is 15.2. The molecule has 0 aliphatic carbocycles. The fourth-order valence-electron chi connectivity index (χ4n) is 7.96. The molecule has 5 heteroatoms. The Balaban J connectivity index is 1.47. The van der Waals surface area contributed by atoms with E-state index in [1.54, 1.807) is 6.08 Å². The van der Waals surface area contributed by atoms with Crippen molar-refractivity contribution in [2.24, 2.45) is 0 Å². The maximum Gasteiger partial charge on any atom is 0.238 e. The Morgan fingerprint density at radius 2 is 1.14 bits per heavy atom. The Hall–Kier alpha value is -7.37. The number of hydrogen-bond donors (Lipinski definition) is 0. The van der Waals surface area contributed by atoms with Crippen molar-refractivity contribution in [3.05, 3.63) is 200 Å². The van der Waals surface area contributed by atoms with Crippen molar-refractivity contribution in [1.82, 2.24) is 24.1 Å². The maximum absolute atomic E-state index is 5.30. The number of nitrogens with zero attached hydrogens (tertiary/aromatic N) is 5. The zero-order valence-electron chi connectivity index (χ0n) is 32.3. The lowest BCUT2D eigenvalue weighted by Crippen LogP contribution is -2.08. The van der Waals surface area contributed by atoms with Crippen LogP contribution >= 0.6 is 0 Å². The normalized spacial score (nSPS) is 12.6. The van der Waals surface area contributed by atoms with Crippen LogP contribution in [0, 0.1) is 0 Å². The first kappa shape index (κ1) is 35.3. The summed E-state index contributed by atoms with van der Waals surface area (Å²) < 4.78 is 4.65. The van der Waals surface area contributed by atoms with Gasteiger partial charge in [0.25, 0.3) is 0 Å². The highest BCUT2D eigenvalue weighted by Gasteiger charge is 2.24. The Bertz CT molecular complexity index is 3090. The van der Waals surface area contributed by atoms with Gasteiger partial charge in [-0.25, -0.2) is 4.98 Å². The Labute approximate surface area is 332 Å². The molecular weight excluding hydrogens is 695 g/mol. The standard InChI is InChI=1S/C52H41N5/c1-5-9-20-36(8-4)50-53-51(38-23-15-11-16-24-38)55-52(54-50)57-47-32-28-40(37-21-13-10-14-22-37)34-45(47)43-30-29-42-44-33-39(35(7-3)19-6-2)27-31-46(44)56(48(42)49(43)57)41-25-17-12-18-26-41/h5-34H,1H2,2-4H3/b19-6-,20-9-,35-7+,36-8+. The van der Waals surface area contributed by atoms with E-state index >= 15 is 0 Å². The lowest BCUT2D eigenvalue weighted by Gasteiger charge is -2.13. The molecule has 0 aliphatic rings. The smallest absolute Gasteiger partial charge is 0.238 e. The van der Waals surface area contributed by atoms with Crippen molar-refractivity contribution in [1.29, 1.82) is 0 Å². The third-order valence-electron chi connectivity index (χ3n) is 10.6. The van der Waals surface area contributed by atoms with Crippen molar-refractivity contribution in [3.8, 4) is 34.2 Å². The van der Waals surface area contributed by atoms with E-state index in [2.05, 4.69) is 157 Å². The predicted octanol–water partition coefficient (Wildman–Crippen LogP) is 13.5. The van der Waals surface area contributed by atoms with Gasteiger partial charge in [0.15, 0.2) is 11.6 Å². The second-order valence-electron chi connectivity index (χ2n) is 13.9. The minimum atomic E-state index is 0.542. The molecule has 0 bridgehead atoms. The summed E-state index contributed by atoms with van der Waals surface area (Å²) >= 11 is 0. The number of benzene rings is 6. The molecule has 0 N–H and O–H groups in total. The second-order valence-corrected chi connectivity index (χ2v) is 13.9. The summed E-state index contributed by atoms with van der Waals surface area (Å²) in [5.41, 5.74) is 11.7. The molecule has 5 nitrogen and oxygen atoms in total. The first-order valence-corrected chi connectivity index (χ1v) is 19.3. The Morgan fingerprint density at radius 3 is 1.81 bits per heavy atom. The molecule has 0 unspecified atom stereocenters. The average molecular weight is 736 g/mol. The van der Waals surface area contributed by atoms with Crippen molar-refractivity contribution in [2.75, 3.05) is 0 Å². The molecule has 0 amide bonds. The Morgan fingerprint density at radius 1 is 0.526 bits per heavy atom. The third-order valence-corrected chi connectivity index (χ3v) is 10.6. The summed E-state index contributed by atoms with van der Waals surface area (Å²) in [6, 6.07) is 49.5. The molecule has 0 aliphatic heterocycles. The monoisotopic (exact) mass is 735 g/mol. The predicted molar refractivity (Wildman–Crippen MR) is 241 cm³/mol. The number of hydrogen-bond acceptors (Lipinski definition) is 3. The molecule has 9 aromatic rings. The highest BCUT2D eigenvalue weighted by molar-refractivity contribution is 6.24. The van der Waals surface area contributed by atoms with Crippen LogP contribution in [0.3, 0.4) is 0 Å². The van der Waals surface area contributed by atoms with Gasteiger partial charge in [0.2, 0.25) is 5.95 Å². The summed E-state index contributed by atoms with van der Waals surface area (Å²) in [5.74, 6) is 1.72. The van der Waals surface area contributed by atoms with E-state index in [0.717, 1.165) is 66.2 Å². The second kappa shape index (κ2) is 15.0. The van der Waals surface area contributed by atoms with E-state index in [1.165, 1.54) is 16.5 Å².